The number of anilines is 2. The topological polar surface area (TPSA) is 122 Å². The molecule has 0 aliphatic carbocycles. The minimum Gasteiger partial charge on any atom is -0.494 e. The van der Waals surface area contributed by atoms with E-state index < -0.39 is 0 Å². The average molecular weight is 473 g/mol. The number of methoxy groups -OCH3 is 1. The molecule has 10 nitrogen and oxygen atoms in total. The summed E-state index contributed by atoms with van der Waals surface area (Å²) in [5.41, 5.74) is 3.65. The molecule has 1 aliphatic rings. The van der Waals surface area contributed by atoms with Gasteiger partial charge >= 0.3 is 0 Å². The van der Waals surface area contributed by atoms with Crippen LogP contribution in [-0.2, 0) is 20.0 Å². The van der Waals surface area contributed by atoms with Crippen LogP contribution in [-0.4, -0.2) is 44.3 Å². The minimum atomic E-state index is -0.287. The summed E-state index contributed by atoms with van der Waals surface area (Å²) < 4.78 is 6.94. The van der Waals surface area contributed by atoms with Gasteiger partial charge in [-0.3, -0.25) is 14.5 Å². The quantitative estimate of drug-likeness (QED) is 0.470. The number of hydrogen-bond donors (Lipinski definition) is 1. The third-order valence-electron chi connectivity index (χ3n) is 5.60. The number of nitrogens with zero attached hydrogens (tertiary/aromatic N) is 7. The maximum atomic E-state index is 12.6. The summed E-state index contributed by atoms with van der Waals surface area (Å²) in [6.45, 7) is 1.24. The molecule has 0 saturated heterocycles. The Kier molecular flexibility index (Phi) is 5.65. The number of thiophene rings is 1. The number of nitriles is 1. The van der Waals surface area contributed by atoms with E-state index in [1.807, 2.05) is 6.07 Å². The molecule has 0 unspecified atom stereocenters. The predicted molar refractivity (Wildman–Crippen MR) is 127 cm³/mol. The van der Waals surface area contributed by atoms with E-state index in [1.54, 1.807) is 49.8 Å². The standard InChI is InChI=1S/C23H20N8O2S/c1-30-12-15(10-28-30)21(32)29-22-18(7-24)17-4-6-31(13-20(17)34-22)23-26-8-14(9-27-23)16-3-5-25-11-19(16)33-2/h3,5,8-12H,4,6,13H2,1-2H3,(H,29,32). The number of carbonyl (C=O) groups excluding carboxylic acids is 1. The Labute approximate surface area is 199 Å². The molecule has 1 N–H and O–H groups in total. The van der Waals surface area contributed by atoms with Crippen molar-refractivity contribution in [1.82, 2.24) is 24.7 Å². The van der Waals surface area contributed by atoms with Crippen LogP contribution in [0.1, 0.15) is 26.4 Å². The molecule has 0 aromatic carbocycles. The molecule has 170 valence electrons. The third-order valence-corrected chi connectivity index (χ3v) is 6.73. The highest BCUT2D eigenvalue weighted by atomic mass is 32.1. The number of fused-ring (bicyclic) bond motifs is 1. The van der Waals surface area contributed by atoms with Gasteiger partial charge < -0.3 is 15.0 Å². The highest BCUT2D eigenvalue weighted by Gasteiger charge is 2.27. The van der Waals surface area contributed by atoms with E-state index in [4.69, 9.17) is 4.74 Å². The van der Waals surface area contributed by atoms with Crippen LogP contribution in [0.2, 0.25) is 0 Å². The second-order valence-corrected chi connectivity index (χ2v) is 8.80. The van der Waals surface area contributed by atoms with Crippen LogP contribution < -0.4 is 15.0 Å². The lowest BCUT2D eigenvalue weighted by molar-refractivity contribution is 0.102. The number of carbonyl (C=O) groups is 1. The SMILES string of the molecule is COc1cnccc1-c1cnc(N2CCc3c(sc(NC(=O)c4cnn(C)c4)c3C#N)C2)nc1. The van der Waals surface area contributed by atoms with Gasteiger partial charge in [-0.2, -0.15) is 10.4 Å². The highest BCUT2D eigenvalue weighted by molar-refractivity contribution is 7.16. The van der Waals surface area contributed by atoms with Crippen LogP contribution in [0.3, 0.4) is 0 Å². The van der Waals surface area contributed by atoms with Crippen LogP contribution in [0.15, 0.2) is 43.2 Å². The largest absolute Gasteiger partial charge is 0.494 e. The van der Waals surface area contributed by atoms with Crippen molar-refractivity contribution in [2.75, 3.05) is 23.9 Å². The molecule has 11 heteroatoms. The van der Waals surface area contributed by atoms with Crippen molar-refractivity contribution >= 4 is 28.2 Å². The van der Waals surface area contributed by atoms with Gasteiger partial charge in [0.25, 0.3) is 5.91 Å². The normalized spacial score (nSPS) is 12.7. The molecule has 0 fully saturated rings. The zero-order valence-corrected chi connectivity index (χ0v) is 19.3. The number of nitrogens with one attached hydrogen (secondary N) is 1. The van der Waals surface area contributed by atoms with Gasteiger partial charge in [-0.1, -0.05) is 0 Å². The molecule has 0 saturated carbocycles. The van der Waals surface area contributed by atoms with E-state index in [1.165, 1.54) is 17.5 Å². The summed E-state index contributed by atoms with van der Waals surface area (Å²) in [6.07, 6.45) is 10.7. The Morgan fingerprint density at radius 3 is 2.79 bits per heavy atom. The summed E-state index contributed by atoms with van der Waals surface area (Å²) in [5, 5.41) is 17.2. The number of hydrogen-bond acceptors (Lipinski definition) is 9. The molecule has 0 bridgehead atoms. The van der Waals surface area contributed by atoms with Gasteiger partial charge in [0.05, 0.1) is 37.2 Å². The van der Waals surface area contributed by atoms with Crippen molar-refractivity contribution in [3.63, 3.8) is 0 Å². The molecule has 5 heterocycles. The van der Waals surface area contributed by atoms with Crippen LogP contribution in [0.5, 0.6) is 5.75 Å². The zero-order chi connectivity index (χ0) is 23.7. The van der Waals surface area contributed by atoms with Crippen LogP contribution in [0, 0.1) is 11.3 Å². The van der Waals surface area contributed by atoms with Crippen molar-refractivity contribution < 1.29 is 9.53 Å². The smallest absolute Gasteiger partial charge is 0.259 e. The lowest BCUT2D eigenvalue weighted by Gasteiger charge is -2.26. The van der Waals surface area contributed by atoms with Gasteiger partial charge in [0.1, 0.15) is 16.8 Å². The van der Waals surface area contributed by atoms with E-state index in [0.717, 1.165) is 21.6 Å². The van der Waals surface area contributed by atoms with E-state index in [9.17, 15) is 10.1 Å². The molecule has 4 aromatic rings. The van der Waals surface area contributed by atoms with Crippen LogP contribution >= 0.6 is 11.3 Å². The number of aryl methyl sites for hydroxylation is 1. The number of aromatic nitrogens is 5. The lowest BCUT2D eigenvalue weighted by atomic mass is 10.0. The van der Waals surface area contributed by atoms with E-state index in [-0.39, 0.29) is 5.91 Å². The molecule has 5 rings (SSSR count). The first-order valence-electron chi connectivity index (χ1n) is 10.5. The van der Waals surface area contributed by atoms with Crippen molar-refractivity contribution in [1.29, 1.82) is 5.26 Å². The summed E-state index contributed by atoms with van der Waals surface area (Å²) >= 11 is 1.42. The molecule has 1 amide bonds. The lowest BCUT2D eigenvalue weighted by Crippen LogP contribution is -2.31. The number of ether oxygens (including phenoxy) is 1. The second kappa shape index (κ2) is 8.92. The average Bonchev–Trinajstić information content (AvgIpc) is 3.46. The van der Waals surface area contributed by atoms with E-state index in [2.05, 4.69) is 36.3 Å². The van der Waals surface area contributed by atoms with Crippen LogP contribution in [0.4, 0.5) is 10.9 Å². The Morgan fingerprint density at radius 2 is 2.09 bits per heavy atom. The van der Waals surface area contributed by atoms with Crippen molar-refractivity contribution in [3.8, 4) is 22.9 Å². The molecule has 34 heavy (non-hydrogen) atoms. The zero-order valence-electron chi connectivity index (χ0n) is 18.5. The van der Waals surface area contributed by atoms with Gasteiger partial charge in [-0.05, 0) is 18.1 Å². The summed E-state index contributed by atoms with van der Waals surface area (Å²) in [7, 11) is 3.35. The fraction of sp³-hybridized carbons (Fsp3) is 0.217. The Bertz CT molecular complexity index is 1400. The maximum absolute atomic E-state index is 12.6. The molecule has 0 spiro atoms. The molecule has 0 atom stereocenters. The summed E-state index contributed by atoms with van der Waals surface area (Å²) in [6, 6.07) is 4.13. The van der Waals surface area contributed by atoms with E-state index >= 15 is 0 Å². The molecule has 0 radical (unpaired) electrons. The maximum Gasteiger partial charge on any atom is 0.259 e. The first-order valence-corrected chi connectivity index (χ1v) is 11.3. The fourth-order valence-corrected chi connectivity index (χ4v) is 5.11. The Morgan fingerprint density at radius 1 is 1.26 bits per heavy atom. The number of amides is 1. The number of pyridine rings is 1. The van der Waals surface area contributed by atoms with Crippen LogP contribution in [0.25, 0.3) is 11.1 Å². The second-order valence-electron chi connectivity index (χ2n) is 7.70. The van der Waals surface area contributed by atoms with Crippen molar-refractivity contribution in [3.05, 3.63) is 64.8 Å². The Balaban J connectivity index is 1.36. The molecule has 1 aliphatic heterocycles. The first kappa shape index (κ1) is 21.5. The van der Waals surface area contributed by atoms with Gasteiger partial charge in [0, 0.05) is 54.4 Å². The monoisotopic (exact) mass is 472 g/mol. The molecule has 4 aromatic heterocycles. The molecular formula is C23H20N8O2S. The first-order chi connectivity index (χ1) is 16.6. The van der Waals surface area contributed by atoms with Gasteiger partial charge in [0.15, 0.2) is 0 Å². The number of rotatable bonds is 5. The van der Waals surface area contributed by atoms with Gasteiger partial charge in [-0.25, -0.2) is 9.97 Å². The predicted octanol–water partition coefficient (Wildman–Crippen LogP) is 3.03. The van der Waals surface area contributed by atoms with E-state index in [0.29, 0.717) is 47.3 Å². The van der Waals surface area contributed by atoms with Gasteiger partial charge in [-0.15, -0.1) is 11.3 Å². The summed E-state index contributed by atoms with van der Waals surface area (Å²) in [5.74, 6) is 0.978. The van der Waals surface area contributed by atoms with Crippen molar-refractivity contribution in [2.24, 2.45) is 7.05 Å². The summed E-state index contributed by atoms with van der Waals surface area (Å²) in [4.78, 5) is 28.9. The fourth-order valence-electron chi connectivity index (χ4n) is 3.90. The molecular weight excluding hydrogens is 452 g/mol. The minimum absolute atomic E-state index is 0.287. The Hall–Kier alpha value is -4.30. The van der Waals surface area contributed by atoms with Crippen molar-refractivity contribution in [2.45, 2.75) is 13.0 Å². The van der Waals surface area contributed by atoms with Gasteiger partial charge in [0.2, 0.25) is 5.95 Å². The highest BCUT2D eigenvalue weighted by Crippen LogP contribution is 2.37. The third kappa shape index (κ3) is 3.95.